The molecule has 0 radical (unpaired) electrons. The fraction of sp³-hybridized carbons (Fsp3) is 0.533. The van der Waals surface area contributed by atoms with Crippen LogP contribution in [0, 0.1) is 24.1 Å². The van der Waals surface area contributed by atoms with Crippen LogP contribution in [0.5, 0.6) is 5.75 Å². The highest BCUT2D eigenvalue weighted by Crippen LogP contribution is 2.22. The molecule has 1 aliphatic rings. The minimum atomic E-state index is -4.94. The van der Waals surface area contributed by atoms with Crippen LogP contribution in [-0.4, -0.2) is 35.6 Å². The molecule has 130 valence electrons. The number of halogens is 1. The minimum absolute atomic E-state index is 0.826. The third kappa shape index (κ3) is 9.80. The van der Waals surface area contributed by atoms with Gasteiger partial charge in [-0.1, -0.05) is 30.0 Å². The molecule has 0 saturated heterocycles. The van der Waals surface area contributed by atoms with E-state index in [2.05, 4.69) is 42.2 Å². The average Bonchev–Trinajstić information content (AvgIpc) is 2.92. The highest BCUT2D eigenvalue weighted by molar-refractivity contribution is 8.12. The van der Waals surface area contributed by atoms with E-state index in [1.807, 2.05) is 11.8 Å². The van der Waals surface area contributed by atoms with E-state index < -0.39 is 10.2 Å². The molecular formula is C15H22ClNO5S. The second kappa shape index (κ2) is 10.1. The molecule has 0 N–H and O–H groups in total. The lowest BCUT2D eigenvalue weighted by atomic mass is 10.1. The van der Waals surface area contributed by atoms with Crippen LogP contribution in [0.25, 0.3) is 0 Å². The molecular weight excluding hydrogens is 342 g/mol. The van der Waals surface area contributed by atoms with Gasteiger partial charge in [-0.15, -0.1) is 10.2 Å². The van der Waals surface area contributed by atoms with E-state index in [0.717, 1.165) is 18.8 Å². The molecule has 0 amide bonds. The summed E-state index contributed by atoms with van der Waals surface area (Å²) in [6.45, 7) is 7.43. The summed E-state index contributed by atoms with van der Waals surface area (Å²) in [4.78, 5) is 0. The number of para-hydroxylation sites is 1. The molecule has 0 saturated carbocycles. The van der Waals surface area contributed by atoms with E-state index in [4.69, 9.17) is 23.4 Å². The Morgan fingerprint density at radius 1 is 1.13 bits per heavy atom. The van der Waals surface area contributed by atoms with Crippen molar-refractivity contribution in [2.24, 2.45) is 0 Å². The average molecular weight is 364 g/mol. The van der Waals surface area contributed by atoms with Gasteiger partial charge in [-0.2, -0.15) is 0 Å². The molecule has 1 aliphatic heterocycles. The third-order valence-corrected chi connectivity index (χ3v) is 4.08. The Labute approximate surface area is 143 Å². The maximum absolute atomic E-state index is 8.49. The number of nitrogens with zero attached hydrogens (tertiary/aromatic N) is 1. The van der Waals surface area contributed by atoms with Gasteiger partial charge >= 0.3 is 0 Å². The van der Waals surface area contributed by atoms with Crippen molar-refractivity contribution >= 4 is 17.3 Å². The Kier molecular flexibility index (Phi) is 8.90. The van der Waals surface area contributed by atoms with E-state index in [1.165, 1.54) is 36.4 Å². The Hall–Kier alpha value is -0.830. The maximum atomic E-state index is 8.49. The van der Waals surface area contributed by atoms with Crippen LogP contribution in [0.4, 0.5) is 0 Å². The molecule has 23 heavy (non-hydrogen) atoms. The Morgan fingerprint density at radius 2 is 1.74 bits per heavy atom. The van der Waals surface area contributed by atoms with E-state index in [0.29, 0.717) is 0 Å². The van der Waals surface area contributed by atoms with Crippen LogP contribution in [0.2, 0.25) is 0 Å². The molecule has 0 spiro atoms. The maximum Gasteiger partial charge on any atom is 0.198 e. The topological polar surface area (TPSA) is 104 Å². The molecule has 1 heterocycles. The highest BCUT2D eigenvalue weighted by atomic mass is 35.7. The van der Waals surface area contributed by atoms with Crippen molar-refractivity contribution in [3.8, 4) is 5.75 Å². The summed E-state index contributed by atoms with van der Waals surface area (Å²) in [5.74, 6) is 2.32. The normalized spacial score (nSPS) is 14.1. The zero-order chi connectivity index (χ0) is 17.3. The number of hydrogen-bond acceptors (Lipinski definition) is 6. The van der Waals surface area contributed by atoms with Crippen LogP contribution in [0.15, 0.2) is 18.2 Å². The standard InChI is InChI=1S/C15H22NOS.ClHO4/c1-13-6-5-7-14(2)15(13)17-10-4-3-8-16-9-11-18-12-16;2-1(3,4)5/h5-7,12H,3-4,8-11H2,1-2H3;(H,2,3,4,5)/q+1;/p-1. The van der Waals surface area contributed by atoms with Crippen LogP contribution >= 0.6 is 11.8 Å². The lowest BCUT2D eigenvalue weighted by Crippen LogP contribution is -2.68. The monoisotopic (exact) mass is 363 g/mol. The number of aryl methyl sites for hydroxylation is 2. The van der Waals surface area contributed by atoms with Crippen molar-refractivity contribution in [3.05, 3.63) is 29.3 Å². The summed E-state index contributed by atoms with van der Waals surface area (Å²) >= 11 is 1.92. The van der Waals surface area contributed by atoms with Gasteiger partial charge in [0.1, 0.15) is 12.3 Å². The summed E-state index contributed by atoms with van der Waals surface area (Å²) in [6, 6.07) is 6.30. The molecule has 8 heteroatoms. The quantitative estimate of drug-likeness (QED) is 0.449. The molecule has 6 nitrogen and oxygen atoms in total. The Balaban J connectivity index is 0.000000463. The summed E-state index contributed by atoms with van der Waals surface area (Å²) in [5, 5.41) is 0. The Bertz CT molecular complexity index is 493. The largest absolute Gasteiger partial charge is 0.493 e. The highest BCUT2D eigenvalue weighted by Gasteiger charge is 2.10. The van der Waals surface area contributed by atoms with Crippen LogP contribution < -0.4 is 23.4 Å². The van der Waals surface area contributed by atoms with E-state index in [-0.39, 0.29) is 0 Å². The smallest absolute Gasteiger partial charge is 0.198 e. The number of rotatable bonds is 6. The van der Waals surface area contributed by atoms with E-state index >= 15 is 0 Å². The molecule has 0 unspecified atom stereocenters. The van der Waals surface area contributed by atoms with Gasteiger partial charge in [0.15, 0.2) is 12.1 Å². The van der Waals surface area contributed by atoms with Gasteiger partial charge in [0.2, 0.25) is 0 Å². The van der Waals surface area contributed by atoms with Gasteiger partial charge < -0.3 is 4.74 Å². The van der Waals surface area contributed by atoms with Gasteiger partial charge in [0, 0.05) is 6.42 Å². The lowest BCUT2D eigenvalue weighted by Gasteiger charge is -2.17. The number of hydrogen-bond donors (Lipinski definition) is 0. The first-order valence-electron chi connectivity index (χ1n) is 7.27. The van der Waals surface area contributed by atoms with Crippen molar-refractivity contribution in [2.75, 3.05) is 25.4 Å². The number of unbranched alkanes of at least 4 members (excludes halogenated alkanes) is 1. The van der Waals surface area contributed by atoms with Gasteiger partial charge in [0.25, 0.3) is 0 Å². The zero-order valence-corrected chi connectivity index (χ0v) is 14.9. The van der Waals surface area contributed by atoms with Crippen LogP contribution in [-0.2, 0) is 0 Å². The van der Waals surface area contributed by atoms with E-state index in [1.54, 1.807) is 0 Å². The summed E-state index contributed by atoms with van der Waals surface area (Å²) in [7, 11) is -4.94. The molecule has 0 atom stereocenters. The first-order chi connectivity index (χ1) is 10.8. The predicted octanol–water partition coefficient (Wildman–Crippen LogP) is -1.51. The van der Waals surface area contributed by atoms with Crippen molar-refractivity contribution in [2.45, 2.75) is 26.7 Å². The number of ether oxygens (including phenoxy) is 1. The number of thioether (sulfide) groups is 1. The second-order valence-electron chi connectivity index (χ2n) is 5.17. The van der Waals surface area contributed by atoms with Gasteiger partial charge in [-0.3, -0.25) is 0 Å². The van der Waals surface area contributed by atoms with Gasteiger partial charge in [-0.05, 0) is 31.4 Å². The Morgan fingerprint density at radius 3 is 2.26 bits per heavy atom. The molecule has 2 rings (SSSR count). The molecule has 0 aromatic heterocycles. The van der Waals surface area contributed by atoms with Crippen LogP contribution in [0.1, 0.15) is 24.0 Å². The molecule has 0 fully saturated rings. The molecule has 0 aliphatic carbocycles. The number of benzene rings is 1. The SMILES string of the molecule is Cc1cccc(C)c1OCCCC[N+]1=CSCC1.[O-][Cl+3]([O-])([O-])[O-]. The molecule has 0 bridgehead atoms. The van der Waals surface area contributed by atoms with Gasteiger partial charge in [0.05, 0.1) is 12.4 Å². The lowest BCUT2D eigenvalue weighted by molar-refractivity contribution is -2.00. The molecule has 1 aromatic carbocycles. The van der Waals surface area contributed by atoms with Crippen molar-refractivity contribution in [1.29, 1.82) is 0 Å². The summed E-state index contributed by atoms with van der Waals surface area (Å²) < 4.78 is 42.3. The first kappa shape index (κ1) is 20.2. The summed E-state index contributed by atoms with van der Waals surface area (Å²) in [5.41, 5.74) is 4.73. The zero-order valence-electron chi connectivity index (χ0n) is 13.3. The van der Waals surface area contributed by atoms with Crippen molar-refractivity contribution < 1.29 is 38.2 Å². The van der Waals surface area contributed by atoms with Crippen molar-refractivity contribution in [3.63, 3.8) is 0 Å². The third-order valence-electron chi connectivity index (χ3n) is 3.21. The predicted molar refractivity (Wildman–Crippen MR) is 79.2 cm³/mol. The fourth-order valence-electron chi connectivity index (χ4n) is 2.16. The first-order valence-corrected chi connectivity index (χ1v) is 9.55. The van der Waals surface area contributed by atoms with Crippen molar-refractivity contribution in [1.82, 2.24) is 0 Å². The minimum Gasteiger partial charge on any atom is -0.493 e. The fourth-order valence-corrected chi connectivity index (χ4v) is 3.03. The van der Waals surface area contributed by atoms with E-state index in [9.17, 15) is 0 Å². The molecule has 1 aromatic rings. The summed E-state index contributed by atoms with van der Waals surface area (Å²) in [6.07, 6.45) is 2.34. The second-order valence-corrected chi connectivity index (χ2v) is 6.87. The van der Waals surface area contributed by atoms with Gasteiger partial charge in [-0.25, -0.2) is 23.2 Å². The van der Waals surface area contributed by atoms with Crippen LogP contribution in [0.3, 0.4) is 0 Å².